The van der Waals surface area contributed by atoms with E-state index in [-0.39, 0.29) is 5.82 Å². The Morgan fingerprint density at radius 2 is 2.13 bits per heavy atom. The van der Waals surface area contributed by atoms with E-state index in [0.29, 0.717) is 10.7 Å². The summed E-state index contributed by atoms with van der Waals surface area (Å²) in [5.41, 5.74) is 2.43. The number of rotatable bonds is 1. The zero-order valence-corrected chi connectivity index (χ0v) is 10.6. The zero-order valence-electron chi connectivity index (χ0n) is 8.97. The first kappa shape index (κ1) is 11.1. The molecule has 2 heteroatoms. The van der Waals surface area contributed by atoms with Gasteiger partial charge in [-0.1, -0.05) is 28.4 Å². The van der Waals surface area contributed by atoms with Gasteiger partial charge in [-0.15, -0.1) is 0 Å². The van der Waals surface area contributed by atoms with Gasteiger partial charge in [-0.3, -0.25) is 0 Å². The normalized spacial score (nSPS) is 26.6. The summed E-state index contributed by atoms with van der Waals surface area (Å²) in [6, 6.07) is 5.19. The van der Waals surface area contributed by atoms with E-state index in [0.717, 1.165) is 5.56 Å². The number of halogens is 2. The summed E-state index contributed by atoms with van der Waals surface area (Å²) in [7, 11) is 0. The van der Waals surface area contributed by atoms with Gasteiger partial charge in [0.25, 0.3) is 0 Å². The largest absolute Gasteiger partial charge is 0.207 e. The molecule has 15 heavy (non-hydrogen) atoms. The third-order valence-corrected chi connectivity index (χ3v) is 4.11. The van der Waals surface area contributed by atoms with E-state index in [4.69, 9.17) is 0 Å². The fourth-order valence-electron chi connectivity index (χ4n) is 2.51. The van der Waals surface area contributed by atoms with Crippen LogP contribution in [0.25, 0.3) is 0 Å². The second-order valence-electron chi connectivity index (χ2n) is 4.46. The smallest absolute Gasteiger partial charge is 0.123 e. The summed E-state index contributed by atoms with van der Waals surface area (Å²) in [5, 5.41) is 0. The first-order chi connectivity index (χ1) is 7.16. The topological polar surface area (TPSA) is 0 Å². The van der Waals surface area contributed by atoms with Crippen molar-refractivity contribution in [1.29, 1.82) is 0 Å². The lowest BCUT2D eigenvalue weighted by molar-refractivity contribution is 0.456. The Hall–Kier alpha value is -0.370. The lowest BCUT2D eigenvalue weighted by atomic mass is 9.82. The Kier molecular flexibility index (Phi) is 3.45. The Morgan fingerprint density at radius 1 is 1.33 bits per heavy atom. The Balaban J connectivity index is 2.21. The van der Waals surface area contributed by atoms with Crippen molar-refractivity contribution in [3.05, 3.63) is 35.1 Å². The van der Waals surface area contributed by atoms with Crippen molar-refractivity contribution in [2.45, 2.75) is 43.4 Å². The Bertz CT molecular complexity index is 348. The standard InChI is InChI=1S/C13H16BrF/c1-9-7-12(15)5-6-13(9)10-3-2-4-11(14)8-10/h5-7,10-11H,2-4,8H2,1H3. The van der Waals surface area contributed by atoms with Gasteiger partial charge in [0.1, 0.15) is 5.82 Å². The summed E-state index contributed by atoms with van der Waals surface area (Å²) in [6.07, 6.45) is 4.98. The van der Waals surface area contributed by atoms with Gasteiger partial charge in [-0.05, 0) is 55.4 Å². The molecule has 2 rings (SSSR count). The average Bonchev–Trinajstić information content (AvgIpc) is 2.17. The molecule has 2 atom stereocenters. The molecule has 0 amide bonds. The summed E-state index contributed by atoms with van der Waals surface area (Å²) < 4.78 is 13.0. The molecular weight excluding hydrogens is 255 g/mol. The van der Waals surface area contributed by atoms with Gasteiger partial charge in [-0.25, -0.2) is 4.39 Å². The van der Waals surface area contributed by atoms with Crippen molar-refractivity contribution in [3.63, 3.8) is 0 Å². The molecule has 0 spiro atoms. The fourth-order valence-corrected chi connectivity index (χ4v) is 3.28. The van der Waals surface area contributed by atoms with Crippen LogP contribution in [0.15, 0.2) is 18.2 Å². The molecule has 1 aromatic rings. The van der Waals surface area contributed by atoms with E-state index in [1.54, 1.807) is 12.1 Å². The monoisotopic (exact) mass is 270 g/mol. The van der Waals surface area contributed by atoms with Crippen LogP contribution in [0, 0.1) is 12.7 Å². The van der Waals surface area contributed by atoms with Crippen LogP contribution in [0.3, 0.4) is 0 Å². The van der Waals surface area contributed by atoms with Gasteiger partial charge >= 0.3 is 0 Å². The third kappa shape index (κ3) is 2.60. The van der Waals surface area contributed by atoms with Crippen LogP contribution in [0.1, 0.15) is 42.7 Å². The van der Waals surface area contributed by atoms with Crippen molar-refractivity contribution in [3.8, 4) is 0 Å². The highest BCUT2D eigenvalue weighted by Gasteiger charge is 2.22. The van der Waals surface area contributed by atoms with Crippen molar-refractivity contribution in [2.75, 3.05) is 0 Å². The molecule has 0 N–H and O–H groups in total. The maximum Gasteiger partial charge on any atom is 0.123 e. The third-order valence-electron chi connectivity index (χ3n) is 3.28. The maximum atomic E-state index is 13.0. The number of benzene rings is 1. The Morgan fingerprint density at radius 3 is 2.80 bits per heavy atom. The van der Waals surface area contributed by atoms with Crippen molar-refractivity contribution < 1.29 is 4.39 Å². The molecular formula is C13H16BrF. The maximum absolute atomic E-state index is 13.0. The fraction of sp³-hybridized carbons (Fsp3) is 0.538. The lowest BCUT2D eigenvalue weighted by Gasteiger charge is -2.27. The Labute approximate surface area is 99.0 Å². The molecule has 1 aliphatic rings. The second-order valence-corrected chi connectivity index (χ2v) is 5.76. The van der Waals surface area contributed by atoms with Crippen molar-refractivity contribution in [1.82, 2.24) is 0 Å². The van der Waals surface area contributed by atoms with Gasteiger partial charge in [-0.2, -0.15) is 0 Å². The van der Waals surface area contributed by atoms with Crippen LogP contribution in [-0.4, -0.2) is 4.83 Å². The molecule has 0 aliphatic heterocycles. The van der Waals surface area contributed by atoms with Crippen molar-refractivity contribution in [2.24, 2.45) is 0 Å². The van der Waals surface area contributed by atoms with Crippen LogP contribution < -0.4 is 0 Å². The van der Waals surface area contributed by atoms with Crippen LogP contribution >= 0.6 is 15.9 Å². The van der Waals surface area contributed by atoms with Crippen LogP contribution in [0.2, 0.25) is 0 Å². The van der Waals surface area contributed by atoms with E-state index in [1.807, 2.05) is 13.0 Å². The van der Waals surface area contributed by atoms with E-state index < -0.39 is 0 Å². The zero-order chi connectivity index (χ0) is 10.8. The molecule has 0 radical (unpaired) electrons. The number of alkyl halides is 1. The molecule has 1 fully saturated rings. The minimum Gasteiger partial charge on any atom is -0.207 e. The van der Waals surface area contributed by atoms with Gasteiger partial charge in [0.05, 0.1) is 0 Å². The minimum absolute atomic E-state index is 0.123. The minimum atomic E-state index is -0.123. The van der Waals surface area contributed by atoms with Gasteiger partial charge in [0, 0.05) is 4.83 Å². The molecule has 0 heterocycles. The summed E-state index contributed by atoms with van der Waals surface area (Å²) in [5.74, 6) is 0.492. The van der Waals surface area contributed by atoms with Gasteiger partial charge in [0.2, 0.25) is 0 Å². The van der Waals surface area contributed by atoms with Crippen LogP contribution in [-0.2, 0) is 0 Å². The van der Waals surface area contributed by atoms with E-state index in [2.05, 4.69) is 15.9 Å². The molecule has 82 valence electrons. The number of hydrogen-bond donors (Lipinski definition) is 0. The van der Waals surface area contributed by atoms with E-state index >= 15 is 0 Å². The first-order valence-corrected chi connectivity index (χ1v) is 6.48. The number of aryl methyl sites for hydroxylation is 1. The average molecular weight is 271 g/mol. The summed E-state index contributed by atoms with van der Waals surface area (Å²) in [6.45, 7) is 2.01. The van der Waals surface area contributed by atoms with Crippen LogP contribution in [0.5, 0.6) is 0 Å². The molecule has 0 bridgehead atoms. The van der Waals surface area contributed by atoms with Crippen LogP contribution in [0.4, 0.5) is 4.39 Å². The van der Waals surface area contributed by atoms with Gasteiger partial charge < -0.3 is 0 Å². The predicted octanol–water partition coefficient (Wildman–Crippen LogP) is 4.56. The first-order valence-electron chi connectivity index (χ1n) is 5.57. The molecule has 0 aromatic heterocycles. The molecule has 1 saturated carbocycles. The van der Waals surface area contributed by atoms with E-state index in [1.165, 1.54) is 31.2 Å². The lowest BCUT2D eigenvalue weighted by Crippen LogP contribution is -2.14. The van der Waals surface area contributed by atoms with Crippen molar-refractivity contribution >= 4 is 15.9 Å². The predicted molar refractivity (Wildman–Crippen MR) is 65.1 cm³/mol. The molecule has 1 aromatic carbocycles. The highest BCUT2D eigenvalue weighted by molar-refractivity contribution is 9.09. The second kappa shape index (κ2) is 4.65. The molecule has 2 unspecified atom stereocenters. The highest BCUT2D eigenvalue weighted by atomic mass is 79.9. The molecule has 1 aliphatic carbocycles. The quantitative estimate of drug-likeness (QED) is 0.657. The number of hydrogen-bond acceptors (Lipinski definition) is 0. The molecule has 0 saturated heterocycles. The SMILES string of the molecule is Cc1cc(F)ccc1C1CCCC(Br)C1. The highest BCUT2D eigenvalue weighted by Crippen LogP contribution is 2.37. The molecule has 0 nitrogen and oxygen atoms in total. The van der Waals surface area contributed by atoms with E-state index in [9.17, 15) is 4.39 Å². The summed E-state index contributed by atoms with van der Waals surface area (Å²) in [4.78, 5) is 0.640. The summed E-state index contributed by atoms with van der Waals surface area (Å²) >= 11 is 3.69. The van der Waals surface area contributed by atoms with Gasteiger partial charge in [0.15, 0.2) is 0 Å².